The topological polar surface area (TPSA) is 97.4 Å². The van der Waals surface area contributed by atoms with Crippen LogP contribution in [0.2, 0.25) is 0 Å². The molecule has 188 valence electrons. The maximum absolute atomic E-state index is 13.7. The van der Waals surface area contributed by atoms with Crippen molar-refractivity contribution < 1.29 is 37.9 Å². The molecule has 1 unspecified atom stereocenters. The second-order valence-electron chi connectivity index (χ2n) is 8.50. The molecule has 0 fully saturated rings. The number of carbonyl (C=O) groups is 2. The standard InChI is InChI=1S/C28H24FN2O6/c1-2-35-28(34)22-26(36-16-18-6-4-3-5-7-18)23-24-25(37-21(15-32)14-31(24)27(22)33)19(13-30-23)12-17-8-10-20(29)11-9-17/h3-11,13-14,25,32H,2,12,15-16H2,1H3/q+1. The van der Waals surface area contributed by atoms with Crippen LogP contribution in [0.5, 0.6) is 0 Å². The van der Waals surface area contributed by atoms with Crippen molar-refractivity contribution in [1.29, 1.82) is 0 Å². The van der Waals surface area contributed by atoms with Gasteiger partial charge in [-0.1, -0.05) is 42.5 Å². The number of aliphatic imine (C=N–C) groups is 1. The highest BCUT2D eigenvalue weighted by molar-refractivity contribution is 6.52. The Balaban J connectivity index is 1.61. The van der Waals surface area contributed by atoms with Crippen molar-refractivity contribution in [3.05, 3.63) is 107 Å². The number of benzene rings is 2. The number of carbonyl (C=O) groups excluding carboxylic acids is 2. The maximum Gasteiger partial charge on any atom is 0.436 e. The van der Waals surface area contributed by atoms with E-state index in [0.29, 0.717) is 17.7 Å². The molecule has 3 aliphatic rings. The first-order valence-electron chi connectivity index (χ1n) is 11.8. The molecule has 1 amide bonds. The molecule has 0 saturated heterocycles. The molecule has 8 nitrogen and oxygen atoms in total. The minimum Gasteiger partial charge on any atom is -0.485 e. The third-order valence-corrected chi connectivity index (χ3v) is 6.05. The number of hydrogen-bond donors (Lipinski definition) is 1. The zero-order valence-corrected chi connectivity index (χ0v) is 20.0. The zero-order valence-electron chi connectivity index (χ0n) is 20.0. The van der Waals surface area contributed by atoms with E-state index in [2.05, 4.69) is 4.99 Å². The number of halogens is 1. The van der Waals surface area contributed by atoms with Crippen molar-refractivity contribution in [3.8, 4) is 0 Å². The average Bonchev–Trinajstić information content (AvgIpc) is 2.92. The van der Waals surface area contributed by atoms with E-state index in [9.17, 15) is 19.1 Å². The van der Waals surface area contributed by atoms with Gasteiger partial charge in [0.1, 0.15) is 19.0 Å². The summed E-state index contributed by atoms with van der Waals surface area (Å²) >= 11 is 0. The lowest BCUT2D eigenvalue weighted by Crippen LogP contribution is -2.51. The van der Waals surface area contributed by atoms with Gasteiger partial charge in [0.2, 0.25) is 17.9 Å². The molecule has 3 heterocycles. The van der Waals surface area contributed by atoms with Crippen LogP contribution in [-0.2, 0) is 36.8 Å². The van der Waals surface area contributed by atoms with E-state index in [1.165, 1.54) is 22.9 Å². The second kappa shape index (κ2) is 10.3. The van der Waals surface area contributed by atoms with Crippen LogP contribution in [0.15, 0.2) is 94.7 Å². The van der Waals surface area contributed by atoms with Crippen LogP contribution in [-0.4, -0.2) is 52.3 Å². The molecular weight excluding hydrogens is 479 g/mol. The van der Waals surface area contributed by atoms with Crippen molar-refractivity contribution in [3.63, 3.8) is 0 Å². The fourth-order valence-corrected chi connectivity index (χ4v) is 4.34. The molecule has 0 aliphatic carbocycles. The van der Waals surface area contributed by atoms with Crippen LogP contribution < -0.4 is 0 Å². The quantitative estimate of drug-likeness (QED) is 0.338. The summed E-state index contributed by atoms with van der Waals surface area (Å²) in [5.74, 6) is -1.70. The lowest BCUT2D eigenvalue weighted by atomic mass is 9.89. The summed E-state index contributed by atoms with van der Waals surface area (Å²) in [5.41, 5.74) is 2.68. The molecule has 1 atom stereocenters. The van der Waals surface area contributed by atoms with Gasteiger partial charge in [-0.25, -0.2) is 19.0 Å². The number of nitrogens with zero attached hydrogens (tertiary/aromatic N) is 2. The SMILES string of the molecule is CCOC(=O)C1=C(OCc2ccccc2)C2=NC=C(Cc3ccc(F)cc3)C3OC(CO)=C[N+](=C23)C1=O. The summed E-state index contributed by atoms with van der Waals surface area (Å²) in [4.78, 5) is 31.2. The van der Waals surface area contributed by atoms with Crippen molar-refractivity contribution in [2.24, 2.45) is 4.99 Å². The summed E-state index contributed by atoms with van der Waals surface area (Å²) in [5, 5.41) is 9.83. The van der Waals surface area contributed by atoms with Gasteiger partial charge in [0.25, 0.3) is 5.71 Å². The maximum atomic E-state index is 13.7. The third kappa shape index (κ3) is 4.73. The van der Waals surface area contributed by atoms with E-state index in [0.717, 1.165) is 11.1 Å². The monoisotopic (exact) mass is 503 g/mol. The first-order valence-corrected chi connectivity index (χ1v) is 11.8. The number of hydrogen-bond acceptors (Lipinski definition) is 7. The van der Waals surface area contributed by atoms with Crippen molar-refractivity contribution in [2.75, 3.05) is 13.2 Å². The Morgan fingerprint density at radius 3 is 2.59 bits per heavy atom. The molecule has 0 bridgehead atoms. The van der Waals surface area contributed by atoms with E-state index >= 15 is 0 Å². The van der Waals surface area contributed by atoms with Crippen LogP contribution >= 0.6 is 0 Å². The molecule has 2 aromatic carbocycles. The summed E-state index contributed by atoms with van der Waals surface area (Å²) in [7, 11) is 0. The predicted octanol–water partition coefficient (Wildman–Crippen LogP) is 2.97. The number of allylic oxidation sites excluding steroid dienone is 1. The van der Waals surface area contributed by atoms with Crippen LogP contribution in [0.3, 0.4) is 0 Å². The van der Waals surface area contributed by atoms with Gasteiger partial charge < -0.3 is 19.3 Å². The van der Waals surface area contributed by atoms with Crippen LogP contribution in [0, 0.1) is 5.82 Å². The molecule has 1 N–H and O–H groups in total. The second-order valence-corrected chi connectivity index (χ2v) is 8.50. The van der Waals surface area contributed by atoms with Gasteiger partial charge in [-0.05, 0) is 36.6 Å². The van der Waals surface area contributed by atoms with Gasteiger partial charge in [-0.15, -0.1) is 4.58 Å². The Morgan fingerprint density at radius 1 is 1.14 bits per heavy atom. The van der Waals surface area contributed by atoms with Gasteiger partial charge in [0.15, 0.2) is 17.2 Å². The number of aliphatic hydroxyl groups excluding tert-OH is 1. The summed E-state index contributed by atoms with van der Waals surface area (Å²) in [6.07, 6.45) is 2.52. The van der Waals surface area contributed by atoms with Crippen molar-refractivity contribution in [2.45, 2.75) is 26.1 Å². The van der Waals surface area contributed by atoms with E-state index in [1.807, 2.05) is 30.3 Å². The highest BCUT2D eigenvalue weighted by Gasteiger charge is 2.52. The number of amides is 1. The largest absolute Gasteiger partial charge is 0.485 e. The Morgan fingerprint density at radius 2 is 1.89 bits per heavy atom. The number of esters is 1. The number of rotatable bonds is 8. The molecule has 0 aromatic heterocycles. The first-order chi connectivity index (χ1) is 18.0. The highest BCUT2D eigenvalue weighted by Crippen LogP contribution is 2.32. The van der Waals surface area contributed by atoms with E-state index in [1.54, 1.807) is 25.3 Å². The minimum atomic E-state index is -0.833. The van der Waals surface area contributed by atoms with Gasteiger partial charge >= 0.3 is 11.9 Å². The molecule has 2 aromatic rings. The van der Waals surface area contributed by atoms with Crippen LogP contribution in [0.1, 0.15) is 18.1 Å². The van der Waals surface area contributed by atoms with Crippen LogP contribution in [0.4, 0.5) is 4.39 Å². The van der Waals surface area contributed by atoms with Gasteiger partial charge in [-0.3, -0.25) is 0 Å². The molecule has 9 heteroatoms. The predicted molar refractivity (Wildman–Crippen MR) is 131 cm³/mol. The zero-order chi connectivity index (χ0) is 25.9. The third-order valence-electron chi connectivity index (χ3n) is 6.05. The highest BCUT2D eigenvalue weighted by atomic mass is 19.1. The molecule has 5 rings (SSSR count). The summed E-state index contributed by atoms with van der Waals surface area (Å²) in [6, 6.07) is 15.3. The molecule has 37 heavy (non-hydrogen) atoms. The fraction of sp³-hybridized carbons (Fsp3) is 0.214. The summed E-state index contributed by atoms with van der Waals surface area (Å²) < 4.78 is 32.0. The molecule has 3 aliphatic heterocycles. The Kier molecular flexibility index (Phi) is 6.78. The van der Waals surface area contributed by atoms with Crippen LogP contribution in [0.25, 0.3) is 0 Å². The van der Waals surface area contributed by atoms with E-state index in [4.69, 9.17) is 14.2 Å². The summed E-state index contributed by atoms with van der Waals surface area (Å²) in [6.45, 7) is 1.34. The lowest BCUT2D eigenvalue weighted by molar-refractivity contribution is -0.386. The molecule has 0 radical (unpaired) electrons. The Labute approximate surface area is 212 Å². The fourth-order valence-electron chi connectivity index (χ4n) is 4.34. The first kappa shape index (κ1) is 24.3. The number of aliphatic hydroxyl groups is 1. The molecular formula is C28H24FN2O6+. The van der Waals surface area contributed by atoms with Gasteiger partial charge in [0.05, 0.1) is 6.61 Å². The van der Waals surface area contributed by atoms with E-state index in [-0.39, 0.29) is 41.8 Å². The average molecular weight is 504 g/mol. The number of ether oxygens (including phenoxy) is 3. The van der Waals surface area contributed by atoms with Gasteiger partial charge in [-0.2, -0.15) is 0 Å². The minimum absolute atomic E-state index is 0.00471. The van der Waals surface area contributed by atoms with E-state index < -0.39 is 24.6 Å². The van der Waals surface area contributed by atoms with Gasteiger partial charge in [0, 0.05) is 11.8 Å². The van der Waals surface area contributed by atoms with Crippen molar-refractivity contribution in [1.82, 2.24) is 0 Å². The Bertz CT molecular complexity index is 1400. The Hall–Kier alpha value is -4.37. The van der Waals surface area contributed by atoms with Crippen molar-refractivity contribution >= 4 is 23.3 Å². The normalized spacial score (nSPS) is 18.4. The molecule has 0 saturated carbocycles. The smallest absolute Gasteiger partial charge is 0.436 e. The lowest BCUT2D eigenvalue weighted by Gasteiger charge is -2.30. The molecule has 0 spiro atoms.